The highest BCUT2D eigenvalue weighted by Gasteiger charge is 2.72. The van der Waals surface area contributed by atoms with Gasteiger partial charge in [0, 0.05) is 38.7 Å². The maximum absolute atomic E-state index is 13.5. The molecule has 3 atom stereocenters. The molecule has 14 nitrogen and oxygen atoms in total. The molecule has 40 heavy (non-hydrogen) atoms. The molecule has 4 aromatic rings. The SMILES string of the molecule is CC(C(=O)Nc1ccnc(-c2cnc(N3CC4C(C3)C4(F)F)nc2)n1)n1cnc2c1c(=O)n(CC#N)c(=O)n2C. The van der Waals surface area contributed by atoms with E-state index in [9.17, 15) is 23.2 Å². The van der Waals surface area contributed by atoms with Crippen LogP contribution in [0.5, 0.6) is 0 Å². The summed E-state index contributed by atoms with van der Waals surface area (Å²) in [5.74, 6) is -3.65. The van der Waals surface area contributed by atoms with Crippen molar-refractivity contribution < 1.29 is 13.6 Å². The molecule has 4 aromatic heterocycles. The third-order valence-electron chi connectivity index (χ3n) is 7.37. The maximum Gasteiger partial charge on any atom is 0.333 e. The Balaban J connectivity index is 1.20. The molecule has 0 radical (unpaired) electrons. The number of nitrogens with one attached hydrogen (secondary N) is 1. The van der Waals surface area contributed by atoms with Crippen LogP contribution >= 0.6 is 0 Å². The summed E-state index contributed by atoms with van der Waals surface area (Å²) in [5.41, 5.74) is -0.882. The minimum Gasteiger partial charge on any atom is -0.340 e. The standard InChI is InChI=1S/C24H21F2N11O3/c1-12(37-11-31-19-17(37)21(39)36(6-4-27)23(40)34(19)2)20(38)33-16-3-5-28-18(32-16)13-7-29-22(30-8-13)35-9-14-15(10-35)24(14,25)26/h3,5,7-8,11-12,14-15H,6,9-10H2,1-2H3,(H,28,32,33,38). The minimum atomic E-state index is -2.59. The molecule has 0 aromatic carbocycles. The van der Waals surface area contributed by atoms with E-state index >= 15 is 0 Å². The normalized spacial score (nSPS) is 19.7. The summed E-state index contributed by atoms with van der Waals surface area (Å²) in [5, 5.41) is 11.7. The van der Waals surface area contributed by atoms with Gasteiger partial charge in [0.05, 0.1) is 29.8 Å². The van der Waals surface area contributed by atoms with E-state index in [1.54, 1.807) is 17.9 Å². The summed E-state index contributed by atoms with van der Waals surface area (Å²) >= 11 is 0. The zero-order chi connectivity index (χ0) is 28.3. The lowest BCUT2D eigenvalue weighted by Gasteiger charge is -2.19. The number of aryl methyl sites for hydroxylation is 1. The Hall–Kier alpha value is -5.07. The average Bonchev–Trinajstić information content (AvgIpc) is 3.38. The molecule has 1 saturated carbocycles. The second-order valence-electron chi connectivity index (χ2n) is 9.71. The molecule has 0 spiro atoms. The lowest BCUT2D eigenvalue weighted by molar-refractivity contribution is -0.118. The van der Waals surface area contributed by atoms with Crippen molar-refractivity contribution in [3.63, 3.8) is 0 Å². The Morgan fingerprint density at radius 3 is 2.58 bits per heavy atom. The van der Waals surface area contributed by atoms with Crippen LogP contribution in [0, 0.1) is 23.2 Å². The summed E-state index contributed by atoms with van der Waals surface area (Å²) in [4.78, 5) is 61.4. The van der Waals surface area contributed by atoms with Crippen molar-refractivity contribution in [1.82, 2.24) is 38.6 Å². The summed E-state index contributed by atoms with van der Waals surface area (Å²) in [6.07, 6.45) is 5.70. The van der Waals surface area contributed by atoms with Crippen molar-refractivity contribution >= 4 is 28.8 Å². The first kappa shape index (κ1) is 25.2. The summed E-state index contributed by atoms with van der Waals surface area (Å²) in [7, 11) is 1.42. The number of carbonyl (C=O) groups is 1. The summed E-state index contributed by atoms with van der Waals surface area (Å²) in [6, 6.07) is 2.33. The molecule has 1 aliphatic heterocycles. The van der Waals surface area contributed by atoms with Gasteiger partial charge in [0.25, 0.3) is 11.5 Å². The van der Waals surface area contributed by atoms with Crippen LogP contribution in [0.25, 0.3) is 22.6 Å². The molecule has 2 fully saturated rings. The van der Waals surface area contributed by atoms with Crippen molar-refractivity contribution in [3.05, 3.63) is 51.8 Å². The fourth-order valence-electron chi connectivity index (χ4n) is 4.99. The number of nitriles is 1. The molecule has 1 aliphatic carbocycles. The number of amides is 1. The highest BCUT2D eigenvalue weighted by molar-refractivity contribution is 5.93. The largest absolute Gasteiger partial charge is 0.340 e. The highest BCUT2D eigenvalue weighted by atomic mass is 19.3. The summed E-state index contributed by atoms with van der Waals surface area (Å²) < 4.78 is 30.2. The molecule has 2 aliphatic rings. The van der Waals surface area contributed by atoms with Gasteiger partial charge in [-0.15, -0.1) is 0 Å². The third-order valence-corrected chi connectivity index (χ3v) is 7.37. The van der Waals surface area contributed by atoms with E-state index in [0.29, 0.717) is 11.5 Å². The first-order valence-corrected chi connectivity index (χ1v) is 12.2. The van der Waals surface area contributed by atoms with E-state index in [0.717, 1.165) is 9.13 Å². The van der Waals surface area contributed by atoms with Gasteiger partial charge in [-0.05, 0) is 13.0 Å². The lowest BCUT2D eigenvalue weighted by atomic mass is 10.3. The van der Waals surface area contributed by atoms with Crippen LogP contribution in [0.4, 0.5) is 20.5 Å². The Kier molecular flexibility index (Phi) is 5.68. The molecule has 3 unspecified atom stereocenters. The second-order valence-corrected chi connectivity index (χ2v) is 9.71. The van der Waals surface area contributed by atoms with Gasteiger partial charge in [-0.2, -0.15) is 5.26 Å². The average molecular weight is 550 g/mol. The predicted octanol–water partition coefficient (Wildman–Crippen LogP) is 0.568. The number of alkyl halides is 2. The molecule has 16 heteroatoms. The monoisotopic (exact) mass is 549 g/mol. The lowest BCUT2D eigenvalue weighted by Crippen LogP contribution is -2.40. The number of rotatable bonds is 6. The van der Waals surface area contributed by atoms with Gasteiger partial charge < -0.3 is 14.8 Å². The van der Waals surface area contributed by atoms with Gasteiger partial charge in [0.1, 0.15) is 18.4 Å². The maximum atomic E-state index is 13.5. The Morgan fingerprint density at radius 2 is 1.90 bits per heavy atom. The molecule has 204 valence electrons. The quantitative estimate of drug-likeness (QED) is 0.359. The predicted molar refractivity (Wildman–Crippen MR) is 135 cm³/mol. The van der Waals surface area contributed by atoms with E-state index in [1.165, 1.54) is 42.6 Å². The number of aromatic nitrogens is 8. The van der Waals surface area contributed by atoms with E-state index < -0.39 is 47.5 Å². The highest BCUT2D eigenvalue weighted by Crippen LogP contribution is 2.59. The van der Waals surface area contributed by atoms with Gasteiger partial charge in [-0.25, -0.2) is 43.1 Å². The van der Waals surface area contributed by atoms with E-state index in [2.05, 4.69) is 30.2 Å². The van der Waals surface area contributed by atoms with Crippen molar-refractivity contribution in [3.8, 4) is 17.5 Å². The number of halogens is 2. The van der Waals surface area contributed by atoms with Gasteiger partial charge in [0.2, 0.25) is 11.9 Å². The molecule has 1 amide bonds. The molecule has 5 heterocycles. The number of hydrogen-bond acceptors (Lipinski definition) is 10. The Labute approximate surface area is 223 Å². The smallest absolute Gasteiger partial charge is 0.333 e. The Bertz CT molecular complexity index is 1810. The number of imidazole rings is 1. The molecular formula is C24H21F2N11O3. The molecule has 0 bridgehead atoms. The van der Waals surface area contributed by atoms with Crippen LogP contribution in [0.15, 0.2) is 40.6 Å². The van der Waals surface area contributed by atoms with Crippen LogP contribution in [0.3, 0.4) is 0 Å². The number of anilines is 2. The van der Waals surface area contributed by atoms with Gasteiger partial charge in [0.15, 0.2) is 17.0 Å². The van der Waals surface area contributed by atoms with Gasteiger partial charge >= 0.3 is 5.69 Å². The van der Waals surface area contributed by atoms with Crippen LogP contribution < -0.4 is 21.5 Å². The van der Waals surface area contributed by atoms with Crippen molar-refractivity contribution in [2.75, 3.05) is 23.3 Å². The number of fused-ring (bicyclic) bond motifs is 2. The van der Waals surface area contributed by atoms with E-state index in [4.69, 9.17) is 5.26 Å². The first-order valence-electron chi connectivity index (χ1n) is 12.2. The second kappa shape index (κ2) is 9.00. The summed E-state index contributed by atoms with van der Waals surface area (Å²) in [6.45, 7) is 1.52. The van der Waals surface area contributed by atoms with Crippen LogP contribution in [-0.2, 0) is 18.4 Å². The number of carbonyl (C=O) groups excluding carboxylic acids is 1. The topological polar surface area (TPSA) is 170 Å². The van der Waals surface area contributed by atoms with Crippen molar-refractivity contribution in [2.45, 2.75) is 25.4 Å². The van der Waals surface area contributed by atoms with Crippen LogP contribution in [-0.4, -0.2) is 63.5 Å². The third kappa shape index (κ3) is 3.89. The molecule has 1 N–H and O–H groups in total. The zero-order valence-corrected chi connectivity index (χ0v) is 21.2. The van der Waals surface area contributed by atoms with Crippen molar-refractivity contribution in [2.24, 2.45) is 18.9 Å². The fourth-order valence-corrected chi connectivity index (χ4v) is 4.99. The van der Waals surface area contributed by atoms with Crippen molar-refractivity contribution in [1.29, 1.82) is 5.26 Å². The molecule has 1 saturated heterocycles. The van der Waals surface area contributed by atoms with Gasteiger partial charge in [-0.3, -0.25) is 14.2 Å². The Morgan fingerprint density at radius 1 is 1.20 bits per heavy atom. The fraction of sp³-hybridized carbons (Fsp3) is 0.375. The molecular weight excluding hydrogens is 528 g/mol. The van der Waals surface area contributed by atoms with Crippen LogP contribution in [0.1, 0.15) is 13.0 Å². The molecule has 6 rings (SSSR count). The zero-order valence-electron chi connectivity index (χ0n) is 21.2. The minimum absolute atomic E-state index is 0.000334. The van der Waals surface area contributed by atoms with E-state index in [1.807, 2.05) is 0 Å². The van der Waals surface area contributed by atoms with Crippen LogP contribution in [0.2, 0.25) is 0 Å². The number of piperidine rings is 1. The number of hydrogen-bond donors (Lipinski definition) is 1. The van der Waals surface area contributed by atoms with E-state index in [-0.39, 0.29) is 35.9 Å². The first-order chi connectivity index (χ1) is 19.1. The van der Waals surface area contributed by atoms with Gasteiger partial charge in [-0.1, -0.05) is 0 Å². The number of nitrogens with zero attached hydrogens (tertiary/aromatic N) is 10.